The van der Waals surface area contributed by atoms with Gasteiger partial charge in [0.25, 0.3) is 0 Å². The van der Waals surface area contributed by atoms with Crippen LogP contribution in [0.5, 0.6) is 0 Å². The van der Waals surface area contributed by atoms with Crippen LogP contribution in [0.1, 0.15) is 29.9 Å². The molecule has 6 heteroatoms. The molecule has 1 N–H and O–H groups in total. The van der Waals surface area contributed by atoms with Gasteiger partial charge in [0.15, 0.2) is 0 Å². The average molecular weight is 310 g/mol. The number of sulfonamides is 1. The molecular weight excluding hydrogens is 288 g/mol. The Bertz CT molecular complexity index is 613. The lowest BCUT2D eigenvalue weighted by molar-refractivity contribution is -0.121. The van der Waals surface area contributed by atoms with E-state index in [1.807, 2.05) is 12.1 Å². The molecule has 1 aromatic rings. The van der Waals surface area contributed by atoms with Crippen LogP contribution in [0.3, 0.4) is 0 Å². The minimum Gasteiger partial charge on any atom is -0.355 e. The van der Waals surface area contributed by atoms with Crippen LogP contribution in [0.2, 0.25) is 0 Å². The molecule has 0 saturated carbocycles. The van der Waals surface area contributed by atoms with Crippen molar-refractivity contribution in [2.75, 3.05) is 26.4 Å². The minimum absolute atomic E-state index is 0.0152. The second kappa shape index (κ2) is 6.58. The lowest BCUT2D eigenvalue weighted by Gasteiger charge is -2.15. The van der Waals surface area contributed by atoms with E-state index in [1.165, 1.54) is 22.5 Å². The summed E-state index contributed by atoms with van der Waals surface area (Å²) >= 11 is 0. The van der Waals surface area contributed by atoms with E-state index in [0.29, 0.717) is 19.5 Å². The van der Waals surface area contributed by atoms with E-state index in [-0.39, 0.29) is 11.8 Å². The van der Waals surface area contributed by atoms with E-state index in [2.05, 4.69) is 17.4 Å². The van der Waals surface area contributed by atoms with Gasteiger partial charge >= 0.3 is 0 Å². The van der Waals surface area contributed by atoms with E-state index in [0.717, 1.165) is 19.1 Å². The minimum atomic E-state index is -3.18. The summed E-state index contributed by atoms with van der Waals surface area (Å²) in [7, 11) is -1.67. The zero-order valence-electron chi connectivity index (χ0n) is 12.5. The van der Waals surface area contributed by atoms with Crippen molar-refractivity contribution < 1.29 is 13.2 Å². The first-order chi connectivity index (χ1) is 9.88. The van der Waals surface area contributed by atoms with Crippen LogP contribution in [0.25, 0.3) is 0 Å². The van der Waals surface area contributed by atoms with E-state index in [9.17, 15) is 13.2 Å². The molecule has 1 aromatic carbocycles. The van der Waals surface area contributed by atoms with Gasteiger partial charge in [-0.05, 0) is 29.9 Å². The summed E-state index contributed by atoms with van der Waals surface area (Å²) in [4.78, 5) is 12.0. The lowest BCUT2D eigenvalue weighted by Crippen LogP contribution is -2.35. The van der Waals surface area contributed by atoms with Crippen molar-refractivity contribution in [2.45, 2.75) is 25.2 Å². The number of hydrogen-bond donors (Lipinski definition) is 1. The number of hydrogen-bond acceptors (Lipinski definition) is 3. The fourth-order valence-electron chi connectivity index (χ4n) is 2.67. The quantitative estimate of drug-likeness (QED) is 0.856. The first-order valence-corrected chi connectivity index (χ1v) is 8.98. The Hall–Kier alpha value is -1.40. The topological polar surface area (TPSA) is 66.5 Å². The number of amides is 1. The molecule has 0 fully saturated rings. The molecule has 2 rings (SSSR count). The molecule has 0 unspecified atom stereocenters. The number of nitrogens with one attached hydrogen (secondary N) is 1. The van der Waals surface area contributed by atoms with Crippen LogP contribution >= 0.6 is 0 Å². The Balaban J connectivity index is 1.79. The van der Waals surface area contributed by atoms with Crippen molar-refractivity contribution in [3.63, 3.8) is 0 Å². The third-order valence-electron chi connectivity index (χ3n) is 4.00. The molecule has 0 spiro atoms. The van der Waals surface area contributed by atoms with E-state index >= 15 is 0 Å². The Labute approximate surface area is 126 Å². The van der Waals surface area contributed by atoms with Gasteiger partial charge in [0.2, 0.25) is 15.9 Å². The zero-order valence-corrected chi connectivity index (χ0v) is 13.3. The monoisotopic (exact) mass is 310 g/mol. The molecule has 0 aliphatic heterocycles. The molecule has 0 heterocycles. The van der Waals surface area contributed by atoms with Crippen molar-refractivity contribution >= 4 is 15.9 Å². The molecule has 116 valence electrons. The summed E-state index contributed by atoms with van der Waals surface area (Å²) in [6.45, 7) is 0.641. The molecule has 0 aromatic heterocycles. The largest absolute Gasteiger partial charge is 0.355 e. The number of carbonyl (C=O) groups is 1. The van der Waals surface area contributed by atoms with Gasteiger partial charge in [-0.15, -0.1) is 0 Å². The Morgan fingerprint density at radius 1 is 1.38 bits per heavy atom. The highest BCUT2D eigenvalue weighted by molar-refractivity contribution is 7.88. The smallest absolute Gasteiger partial charge is 0.220 e. The lowest BCUT2D eigenvalue weighted by atomic mass is 9.97. The van der Waals surface area contributed by atoms with E-state index < -0.39 is 10.0 Å². The molecule has 1 atom stereocenters. The van der Waals surface area contributed by atoms with Crippen LogP contribution in [-0.2, 0) is 21.2 Å². The zero-order chi connectivity index (χ0) is 15.5. The van der Waals surface area contributed by atoms with Crippen LogP contribution in [0, 0.1) is 0 Å². The summed E-state index contributed by atoms with van der Waals surface area (Å²) in [6.07, 6.45) is 3.67. The molecule has 5 nitrogen and oxygen atoms in total. The molecule has 1 amide bonds. The average Bonchev–Trinajstić information content (AvgIpc) is 2.81. The fraction of sp³-hybridized carbons (Fsp3) is 0.533. The fourth-order valence-corrected chi connectivity index (χ4v) is 3.09. The van der Waals surface area contributed by atoms with Crippen molar-refractivity contribution in [2.24, 2.45) is 0 Å². The molecular formula is C15H22N2O3S. The number of likely N-dealkylation sites (N-methyl/N-ethyl adjacent to an activating group) is 1. The second-order valence-electron chi connectivity index (χ2n) is 5.57. The first-order valence-electron chi connectivity index (χ1n) is 7.13. The molecule has 1 aliphatic carbocycles. The molecule has 0 bridgehead atoms. The molecule has 0 saturated heterocycles. The summed E-state index contributed by atoms with van der Waals surface area (Å²) in [6, 6.07) is 8.25. The van der Waals surface area contributed by atoms with E-state index in [1.54, 1.807) is 0 Å². The van der Waals surface area contributed by atoms with E-state index in [4.69, 9.17) is 0 Å². The predicted molar refractivity (Wildman–Crippen MR) is 82.6 cm³/mol. The summed E-state index contributed by atoms with van der Waals surface area (Å²) in [5.74, 6) is 0.271. The summed E-state index contributed by atoms with van der Waals surface area (Å²) < 4.78 is 23.7. The normalized spacial score (nSPS) is 17.8. The highest BCUT2D eigenvalue weighted by atomic mass is 32.2. The van der Waals surface area contributed by atoms with Crippen molar-refractivity contribution in [1.82, 2.24) is 9.62 Å². The van der Waals surface area contributed by atoms with Crippen molar-refractivity contribution in [3.05, 3.63) is 35.4 Å². The van der Waals surface area contributed by atoms with Crippen molar-refractivity contribution in [1.29, 1.82) is 0 Å². The standard InChI is InChI=1S/C15H22N2O3S/c1-17(21(2,19)20)10-9-16-15(18)11-13-8-7-12-5-3-4-6-14(12)13/h3-6,13H,7-11H2,1-2H3,(H,16,18)/t13-/m1/s1. The van der Waals surface area contributed by atoms with Crippen LogP contribution in [0.15, 0.2) is 24.3 Å². The Kier molecular flexibility index (Phi) is 5.00. The number of carbonyl (C=O) groups excluding carboxylic acids is 1. The van der Waals surface area contributed by atoms with Crippen LogP contribution in [0.4, 0.5) is 0 Å². The van der Waals surface area contributed by atoms with Gasteiger partial charge in [0.1, 0.15) is 0 Å². The Morgan fingerprint density at radius 3 is 2.81 bits per heavy atom. The first kappa shape index (κ1) is 16.0. The highest BCUT2D eigenvalue weighted by Gasteiger charge is 2.24. The predicted octanol–water partition coefficient (Wildman–Crippen LogP) is 1.11. The highest BCUT2D eigenvalue weighted by Crippen LogP contribution is 2.34. The summed E-state index contributed by atoms with van der Waals surface area (Å²) in [5, 5.41) is 2.80. The number of nitrogens with zero attached hydrogens (tertiary/aromatic N) is 1. The van der Waals surface area contributed by atoms with Gasteiger partial charge in [-0.3, -0.25) is 4.79 Å². The van der Waals surface area contributed by atoms with Crippen LogP contribution in [-0.4, -0.2) is 45.0 Å². The van der Waals surface area contributed by atoms with Gasteiger partial charge < -0.3 is 5.32 Å². The van der Waals surface area contributed by atoms with Gasteiger partial charge in [0, 0.05) is 26.6 Å². The maximum Gasteiger partial charge on any atom is 0.220 e. The third kappa shape index (κ3) is 4.28. The van der Waals surface area contributed by atoms with Crippen molar-refractivity contribution in [3.8, 4) is 0 Å². The van der Waals surface area contributed by atoms with Gasteiger partial charge in [0.05, 0.1) is 6.26 Å². The maximum absolute atomic E-state index is 12.0. The van der Waals surface area contributed by atoms with Gasteiger partial charge in [-0.25, -0.2) is 12.7 Å². The molecule has 21 heavy (non-hydrogen) atoms. The Morgan fingerprint density at radius 2 is 2.10 bits per heavy atom. The number of benzene rings is 1. The third-order valence-corrected chi connectivity index (χ3v) is 5.32. The summed E-state index contributed by atoms with van der Waals surface area (Å²) in [5.41, 5.74) is 2.62. The van der Waals surface area contributed by atoms with Gasteiger partial charge in [-0.2, -0.15) is 0 Å². The maximum atomic E-state index is 12.0. The number of fused-ring (bicyclic) bond motifs is 1. The molecule has 0 radical (unpaired) electrons. The number of rotatable bonds is 6. The van der Waals surface area contributed by atoms with Crippen LogP contribution < -0.4 is 5.32 Å². The number of aryl methyl sites for hydroxylation is 1. The second-order valence-corrected chi connectivity index (χ2v) is 7.66. The van der Waals surface area contributed by atoms with Gasteiger partial charge in [-0.1, -0.05) is 24.3 Å². The molecule has 1 aliphatic rings. The SMILES string of the molecule is CN(CCNC(=O)C[C@H]1CCc2ccccc21)S(C)(=O)=O.